The Morgan fingerprint density at radius 2 is 0.973 bits per heavy atom. The van der Waals surface area contributed by atoms with Crippen molar-refractivity contribution in [3.05, 3.63) is 107 Å². The number of aromatic amines is 2. The number of fused-ring (bicyclic) bond motifs is 4. The minimum atomic E-state index is -0.694. The average molecular weight is 1000 g/mol. The summed E-state index contributed by atoms with van der Waals surface area (Å²) in [4.78, 5) is 75.7. The second-order valence-corrected chi connectivity index (χ2v) is 22.6. The zero-order chi connectivity index (χ0) is 51.4. The van der Waals surface area contributed by atoms with Crippen molar-refractivity contribution in [2.75, 3.05) is 14.2 Å². The third-order valence-corrected chi connectivity index (χ3v) is 17.4. The third-order valence-electron chi connectivity index (χ3n) is 17.4. The minimum absolute atomic E-state index is 0.0671. The molecule has 2 saturated carbocycles. The van der Waals surface area contributed by atoms with E-state index in [0.717, 1.165) is 135 Å². The van der Waals surface area contributed by atoms with E-state index in [1.165, 1.54) is 47.6 Å². The largest absolute Gasteiger partial charge is 0.453 e. The first kappa shape index (κ1) is 49.5. The number of likely N-dealkylation sites (tertiary alicyclic amines) is 2. The van der Waals surface area contributed by atoms with E-state index in [9.17, 15) is 19.2 Å². The number of aromatic nitrogens is 4. The zero-order valence-corrected chi connectivity index (χ0v) is 43.8. The van der Waals surface area contributed by atoms with Crippen LogP contribution in [0.15, 0.2) is 72.8 Å². The van der Waals surface area contributed by atoms with E-state index in [2.05, 4.69) is 103 Å². The second-order valence-electron chi connectivity index (χ2n) is 22.6. The van der Waals surface area contributed by atoms with E-state index in [1.54, 1.807) is 0 Å². The molecule has 4 bridgehead atoms. The summed E-state index contributed by atoms with van der Waals surface area (Å²) < 4.78 is 9.87. The monoisotopic (exact) mass is 1000 g/mol. The van der Waals surface area contributed by atoms with Crippen molar-refractivity contribution >= 4 is 46.1 Å². The van der Waals surface area contributed by atoms with Gasteiger partial charge in [0.25, 0.3) is 0 Å². The van der Waals surface area contributed by atoms with Crippen LogP contribution in [0.2, 0.25) is 0 Å². The number of amides is 4. The van der Waals surface area contributed by atoms with Crippen LogP contribution in [-0.2, 0) is 44.7 Å². The van der Waals surface area contributed by atoms with Crippen LogP contribution in [-0.4, -0.2) is 92.1 Å². The summed E-state index contributed by atoms with van der Waals surface area (Å²) in [5.41, 5.74) is 13.5. The van der Waals surface area contributed by atoms with E-state index in [1.807, 2.05) is 27.7 Å². The molecule has 8 atom stereocenters. The molecule has 14 rings (SSSR count). The van der Waals surface area contributed by atoms with Crippen molar-refractivity contribution in [2.24, 2.45) is 23.7 Å². The van der Waals surface area contributed by atoms with Gasteiger partial charge in [0.1, 0.15) is 23.7 Å². The van der Waals surface area contributed by atoms with Gasteiger partial charge in [-0.25, -0.2) is 19.6 Å². The summed E-state index contributed by atoms with van der Waals surface area (Å²) in [5, 5.41) is 5.68. The van der Waals surface area contributed by atoms with Gasteiger partial charge >= 0.3 is 12.2 Å². The number of ether oxygens (including phenoxy) is 2. The first-order valence-electron chi connectivity index (χ1n) is 27.4. The fraction of sp³-hybridized carbons (Fsp3) is 0.500. The molecule has 2 saturated heterocycles. The smallest absolute Gasteiger partial charge is 0.407 e. The Kier molecular flexibility index (Phi) is 13.7. The summed E-state index contributed by atoms with van der Waals surface area (Å²) in [6, 6.07) is 25.5. The van der Waals surface area contributed by atoms with Gasteiger partial charge in [-0.3, -0.25) is 9.59 Å². The maximum absolute atomic E-state index is 14.5. The summed E-state index contributed by atoms with van der Waals surface area (Å²) in [5.74, 6) is 2.04. The van der Waals surface area contributed by atoms with Crippen LogP contribution in [0.5, 0.6) is 0 Å². The van der Waals surface area contributed by atoms with Crippen LogP contribution in [0.25, 0.3) is 44.3 Å². The molecule has 0 radical (unpaired) electrons. The highest BCUT2D eigenvalue weighted by Gasteiger charge is 2.50. The first-order chi connectivity index (χ1) is 35.8. The van der Waals surface area contributed by atoms with E-state index in [-0.39, 0.29) is 47.8 Å². The highest BCUT2D eigenvalue weighted by atomic mass is 16.5. The number of methoxy groups -OCH3 is 2. The topological polar surface area (TPSA) is 175 Å². The lowest BCUT2D eigenvalue weighted by Crippen LogP contribution is -2.53. The zero-order valence-electron chi connectivity index (χ0n) is 43.8. The number of imidazole rings is 2. The standard InChI is InChI=1S/C60H72N8O6/c1-33(2)53(65-59(71)73-5)57(69)67-49-13-9-7-11-41(49)31-51(67)55-61-45-25-23-39(29-47(45)63-55)43-27-35-15-19-37(43)21-17-36-16-20-38(22-18-35)44(28-36)40-24-26-46-48(30-40)64-56(62-46)52-32-42-12-8-10-14-50(42)68(52)58(70)54(34(3)4)66-60(72)74-6/h15-16,19-20,23-30,33-34,41-42,49-54H,7-14,17-18,21-22,31-32H2,1-6H3,(H,61,63)(H,62,64)(H,65,71)(H,66,72)/t41-,42-,49-,50-,51-,52-,53-,54+/m0/s1. The molecule has 6 aromatic rings. The Labute approximate surface area is 434 Å². The van der Waals surface area contributed by atoms with Gasteiger partial charge in [-0.15, -0.1) is 0 Å². The molecular weight excluding hydrogens is 929 g/mol. The van der Waals surface area contributed by atoms with Gasteiger partial charge in [0.2, 0.25) is 11.8 Å². The number of rotatable bonds is 10. The van der Waals surface area contributed by atoms with Crippen molar-refractivity contribution in [1.82, 2.24) is 40.4 Å². The molecule has 388 valence electrons. The van der Waals surface area contributed by atoms with E-state index < -0.39 is 24.3 Å². The number of benzene rings is 4. The molecule has 0 spiro atoms. The van der Waals surface area contributed by atoms with Crippen LogP contribution in [0.3, 0.4) is 0 Å². The van der Waals surface area contributed by atoms with Crippen LogP contribution in [0, 0.1) is 23.7 Å². The maximum Gasteiger partial charge on any atom is 0.407 e. The Morgan fingerprint density at radius 3 is 1.38 bits per heavy atom. The maximum atomic E-state index is 14.5. The predicted octanol–water partition coefficient (Wildman–Crippen LogP) is 11.1. The molecule has 2 aliphatic heterocycles. The fourth-order valence-electron chi connectivity index (χ4n) is 13.6. The first-order valence-corrected chi connectivity index (χ1v) is 27.4. The molecule has 2 aromatic heterocycles. The minimum Gasteiger partial charge on any atom is -0.453 e. The SMILES string of the molecule is COC(=O)N[C@H](C(=O)N1[C@H](c2nc3ccc(-c4cc5ccc4CCc4ccc(c(-c6ccc7nc([C@@H]8C[C@@H]9CCCC[C@@H]9N8C(=O)[C@H](NC(=O)OC)C(C)C)[nH]c7c6)c4)CC5)cc3[nH]2)C[C@@H]2CCCC[C@@H]21)C(C)C. The Hall–Kier alpha value is -6.70. The molecule has 6 aliphatic carbocycles. The van der Waals surface area contributed by atoms with Gasteiger partial charge < -0.3 is 39.9 Å². The van der Waals surface area contributed by atoms with Gasteiger partial charge in [0.05, 0.1) is 48.4 Å². The number of alkyl carbamates (subject to hydrolysis) is 2. The van der Waals surface area contributed by atoms with Crippen LogP contribution in [0.1, 0.15) is 138 Å². The van der Waals surface area contributed by atoms with Crippen molar-refractivity contribution in [1.29, 1.82) is 0 Å². The highest BCUT2D eigenvalue weighted by Crippen LogP contribution is 2.48. The van der Waals surface area contributed by atoms with Gasteiger partial charge in [-0.1, -0.05) is 102 Å². The van der Waals surface area contributed by atoms with Gasteiger partial charge in [0, 0.05) is 12.1 Å². The molecule has 4 amide bonds. The molecule has 74 heavy (non-hydrogen) atoms. The molecule has 4 fully saturated rings. The van der Waals surface area contributed by atoms with E-state index >= 15 is 0 Å². The van der Waals surface area contributed by atoms with E-state index in [0.29, 0.717) is 11.8 Å². The van der Waals surface area contributed by atoms with Crippen molar-refractivity contribution in [3.63, 3.8) is 0 Å². The number of carbonyl (C=O) groups excluding carboxylic acids is 4. The normalized spacial score (nSPS) is 23.4. The number of hydrogen-bond acceptors (Lipinski definition) is 8. The molecular formula is C60H72N8O6. The Morgan fingerprint density at radius 1 is 0.554 bits per heavy atom. The van der Waals surface area contributed by atoms with Crippen molar-refractivity contribution in [3.8, 4) is 22.3 Å². The Balaban J connectivity index is 0.849. The number of H-pyrrole nitrogens is 2. The number of carbonyl (C=O) groups is 4. The summed E-state index contributed by atoms with van der Waals surface area (Å²) in [6.45, 7) is 7.85. The van der Waals surface area contributed by atoms with Gasteiger partial charge in [0.15, 0.2) is 0 Å². The summed E-state index contributed by atoms with van der Waals surface area (Å²) in [6.07, 6.45) is 12.6. The second kappa shape index (κ2) is 20.5. The third kappa shape index (κ3) is 9.42. The number of nitrogens with zero attached hydrogens (tertiary/aromatic N) is 4. The molecule has 14 heteroatoms. The molecule has 14 nitrogen and oxygen atoms in total. The fourth-order valence-corrected chi connectivity index (χ4v) is 13.6. The Bertz CT molecular complexity index is 2900. The molecule has 8 aliphatic rings. The molecule has 0 unspecified atom stereocenters. The number of nitrogens with one attached hydrogen (secondary N) is 4. The number of hydrogen-bond donors (Lipinski definition) is 4. The predicted molar refractivity (Wildman–Crippen MR) is 286 cm³/mol. The quantitative estimate of drug-likeness (QED) is 0.105. The van der Waals surface area contributed by atoms with Gasteiger partial charge in [-0.05, 0) is 157 Å². The van der Waals surface area contributed by atoms with Crippen molar-refractivity contribution < 1.29 is 28.7 Å². The average Bonchev–Trinajstić information content (AvgIpc) is 4.21. The lowest BCUT2D eigenvalue weighted by molar-refractivity contribution is -0.139. The lowest BCUT2D eigenvalue weighted by atomic mass is 9.84. The molecule has 4 heterocycles. The summed E-state index contributed by atoms with van der Waals surface area (Å²) >= 11 is 0. The highest BCUT2D eigenvalue weighted by molar-refractivity contribution is 5.89. The molecule has 4 N–H and O–H groups in total. The van der Waals surface area contributed by atoms with Crippen LogP contribution in [0.4, 0.5) is 9.59 Å². The van der Waals surface area contributed by atoms with Crippen molar-refractivity contribution in [2.45, 2.75) is 154 Å². The van der Waals surface area contributed by atoms with Crippen LogP contribution >= 0.6 is 0 Å². The summed E-state index contributed by atoms with van der Waals surface area (Å²) in [7, 11) is 2.66. The lowest BCUT2D eigenvalue weighted by Gasteiger charge is -2.36. The molecule has 4 aromatic carbocycles. The van der Waals surface area contributed by atoms with Crippen LogP contribution < -0.4 is 10.6 Å². The number of aryl methyl sites for hydroxylation is 4. The van der Waals surface area contributed by atoms with Gasteiger partial charge in [-0.2, -0.15) is 0 Å². The van der Waals surface area contributed by atoms with E-state index in [4.69, 9.17) is 19.4 Å².